The van der Waals surface area contributed by atoms with Crippen LogP contribution in [0.2, 0.25) is 0 Å². The molecule has 0 heterocycles. The monoisotopic (exact) mass is 264 g/mol. The third-order valence-corrected chi connectivity index (χ3v) is 2.85. The Morgan fingerprint density at radius 3 is 2.05 bits per heavy atom. The maximum absolute atomic E-state index is 9.06. The Bertz CT molecular complexity index is 451. The summed E-state index contributed by atoms with van der Waals surface area (Å²) < 4.78 is 11.1. The lowest BCUT2D eigenvalue weighted by molar-refractivity contribution is 0.332. The largest absolute Gasteiger partial charge is 0.491 e. The molecule has 1 aromatic carbocycles. The van der Waals surface area contributed by atoms with Crippen molar-refractivity contribution in [2.75, 3.05) is 31.2 Å². The van der Waals surface area contributed by atoms with Crippen LogP contribution in [0.25, 0.3) is 4.98 Å². The smallest absolute Gasteiger partial charge is 0.430 e. The van der Waals surface area contributed by atoms with Gasteiger partial charge >= 0.3 is 5.69 Å². The predicted octanol–water partition coefficient (Wildman–Crippen LogP) is 3.81. The Kier molecular flexibility index (Phi) is 5.94. The van der Waals surface area contributed by atoms with E-state index in [1.807, 2.05) is 19.9 Å². The summed E-state index contributed by atoms with van der Waals surface area (Å²) >= 11 is 0. The van der Waals surface area contributed by atoms with Crippen LogP contribution in [0, 0.1) is 5.39 Å². The predicted molar refractivity (Wildman–Crippen MR) is 77.1 cm³/mol. The van der Waals surface area contributed by atoms with Gasteiger partial charge in [0.25, 0.3) is 0 Å². The summed E-state index contributed by atoms with van der Waals surface area (Å²) in [7, 11) is 0. The maximum atomic E-state index is 9.06. The highest BCUT2D eigenvalue weighted by Crippen LogP contribution is 2.40. The van der Waals surface area contributed by atoms with E-state index in [-0.39, 0.29) is 0 Å². The van der Waals surface area contributed by atoms with Crippen molar-refractivity contribution in [3.8, 4) is 11.5 Å². The highest BCUT2D eigenvalue weighted by Gasteiger charge is 2.22. The highest BCUT2D eigenvalue weighted by atomic mass is 16.5. The molecular weight excluding hydrogens is 242 g/mol. The summed E-state index contributed by atoms with van der Waals surface area (Å²) in [5.74, 6) is 1.28. The number of ether oxygens (including phenoxy) is 2. The zero-order valence-electron chi connectivity index (χ0n) is 12.1. The first-order valence-electron chi connectivity index (χ1n) is 6.75. The fourth-order valence-corrected chi connectivity index (χ4v) is 1.97. The molecule has 0 aliphatic carbocycles. The molecule has 19 heavy (non-hydrogen) atoms. The van der Waals surface area contributed by atoms with Gasteiger partial charge in [-0.2, -0.15) is 0 Å². The molecule has 0 N–H and O–H groups in total. The summed E-state index contributed by atoms with van der Waals surface area (Å²) in [4.78, 5) is 5.44. The first-order chi connectivity index (χ1) is 9.21. The van der Waals surface area contributed by atoms with Crippen molar-refractivity contribution < 1.29 is 9.47 Å². The van der Waals surface area contributed by atoms with Gasteiger partial charge in [0.1, 0.15) is 0 Å². The summed E-state index contributed by atoms with van der Waals surface area (Å²) in [6.07, 6.45) is 0. The van der Waals surface area contributed by atoms with Gasteiger partial charge in [-0.1, -0.05) is 0 Å². The number of benzene rings is 1. The molecule has 5 nitrogen and oxygen atoms in total. The topological polar surface area (TPSA) is 49.9 Å². The molecule has 0 saturated heterocycles. The highest BCUT2D eigenvalue weighted by molar-refractivity contribution is 5.72. The molecule has 0 unspecified atom stereocenters. The van der Waals surface area contributed by atoms with E-state index in [0.717, 1.165) is 18.8 Å². The molecule has 104 valence electrons. The third-order valence-electron chi connectivity index (χ3n) is 2.85. The summed E-state index contributed by atoms with van der Waals surface area (Å²) in [5.41, 5.74) is 1.35. The summed E-state index contributed by atoms with van der Waals surface area (Å²) in [6, 6.07) is 3.58. The molecular formula is C14H22N3O2+. The standard InChI is InChI=1S/C14H22N3O2/c1-5-17(6-2)12-10-13(18-7-3)11(16-15)9-14(12)19-8-4/h9-10H,5-8H2,1-4H3/q+1. The number of hydrogen-bond acceptors (Lipinski definition) is 4. The van der Waals surface area contributed by atoms with Crippen molar-refractivity contribution >= 4 is 11.4 Å². The number of anilines is 1. The second-order valence-electron chi connectivity index (χ2n) is 3.93. The van der Waals surface area contributed by atoms with Crippen molar-refractivity contribution in [3.63, 3.8) is 0 Å². The molecule has 0 atom stereocenters. The van der Waals surface area contributed by atoms with E-state index in [9.17, 15) is 0 Å². The number of hydrogen-bond donors (Lipinski definition) is 0. The average molecular weight is 264 g/mol. The minimum atomic E-state index is 0.390. The summed E-state index contributed by atoms with van der Waals surface area (Å²) in [5, 5.41) is 9.06. The lowest BCUT2D eigenvalue weighted by Crippen LogP contribution is -2.22. The van der Waals surface area contributed by atoms with Gasteiger partial charge in [0.05, 0.1) is 25.0 Å². The number of diazo groups is 1. The van der Waals surface area contributed by atoms with Crippen molar-refractivity contribution in [2.45, 2.75) is 27.7 Å². The van der Waals surface area contributed by atoms with Crippen molar-refractivity contribution in [2.24, 2.45) is 0 Å². The van der Waals surface area contributed by atoms with Gasteiger partial charge in [-0.15, -0.1) is 0 Å². The molecule has 0 saturated carbocycles. The fourth-order valence-electron chi connectivity index (χ4n) is 1.97. The Balaban J connectivity index is 3.32. The summed E-state index contributed by atoms with van der Waals surface area (Å²) in [6.45, 7) is 10.8. The van der Waals surface area contributed by atoms with Crippen molar-refractivity contribution in [1.82, 2.24) is 0 Å². The van der Waals surface area contributed by atoms with E-state index < -0.39 is 0 Å². The zero-order chi connectivity index (χ0) is 14.3. The minimum absolute atomic E-state index is 0.390. The van der Waals surface area contributed by atoms with Crippen LogP contribution in [-0.2, 0) is 0 Å². The van der Waals surface area contributed by atoms with E-state index in [0.29, 0.717) is 30.4 Å². The van der Waals surface area contributed by atoms with Gasteiger partial charge in [-0.25, -0.2) is 0 Å². The van der Waals surface area contributed by atoms with Crippen LogP contribution in [-0.4, -0.2) is 26.3 Å². The Morgan fingerprint density at radius 2 is 1.58 bits per heavy atom. The first-order valence-corrected chi connectivity index (χ1v) is 6.75. The van der Waals surface area contributed by atoms with Gasteiger partial charge in [0.15, 0.2) is 10.7 Å². The van der Waals surface area contributed by atoms with Gasteiger partial charge in [-0.3, -0.25) is 0 Å². The van der Waals surface area contributed by atoms with Crippen LogP contribution in [0.15, 0.2) is 12.1 Å². The fraction of sp³-hybridized carbons (Fsp3) is 0.571. The van der Waals surface area contributed by atoms with Crippen LogP contribution in [0.5, 0.6) is 11.5 Å². The molecule has 0 radical (unpaired) electrons. The van der Waals surface area contributed by atoms with E-state index in [2.05, 4.69) is 23.7 Å². The molecule has 1 aromatic rings. The van der Waals surface area contributed by atoms with Gasteiger partial charge < -0.3 is 14.4 Å². The van der Waals surface area contributed by atoms with Crippen molar-refractivity contribution in [1.29, 1.82) is 5.39 Å². The molecule has 5 heteroatoms. The lowest BCUT2D eigenvalue weighted by Gasteiger charge is -2.23. The lowest BCUT2D eigenvalue weighted by atomic mass is 10.2. The number of nitrogens with zero attached hydrogens (tertiary/aromatic N) is 3. The van der Waals surface area contributed by atoms with Gasteiger partial charge in [-0.05, 0) is 27.7 Å². The van der Waals surface area contributed by atoms with Crippen molar-refractivity contribution in [3.05, 3.63) is 17.1 Å². The quantitative estimate of drug-likeness (QED) is 0.702. The van der Waals surface area contributed by atoms with E-state index in [4.69, 9.17) is 14.9 Å². The molecule has 0 aliphatic rings. The first kappa shape index (κ1) is 15.1. The number of rotatable bonds is 7. The molecule has 0 aliphatic heterocycles. The molecule has 0 amide bonds. The van der Waals surface area contributed by atoms with Crippen LogP contribution in [0.3, 0.4) is 0 Å². The SMILES string of the molecule is CCOc1cc(N(CC)CC)c(OCC)cc1[N+]#N. The Hall–Kier alpha value is -1.96. The maximum Gasteiger partial charge on any atom is 0.430 e. The third kappa shape index (κ3) is 3.50. The van der Waals surface area contributed by atoms with Crippen LogP contribution in [0.1, 0.15) is 27.7 Å². The van der Waals surface area contributed by atoms with Crippen LogP contribution in [0.4, 0.5) is 11.4 Å². The van der Waals surface area contributed by atoms with Crippen LogP contribution < -0.4 is 14.4 Å². The zero-order valence-corrected chi connectivity index (χ0v) is 12.1. The van der Waals surface area contributed by atoms with E-state index in [1.54, 1.807) is 6.07 Å². The average Bonchev–Trinajstić information content (AvgIpc) is 2.43. The molecule has 0 spiro atoms. The van der Waals surface area contributed by atoms with Gasteiger partial charge in [0.2, 0.25) is 11.1 Å². The van der Waals surface area contributed by atoms with Crippen LogP contribution >= 0.6 is 0 Å². The molecule has 0 bridgehead atoms. The Morgan fingerprint density at radius 1 is 1.00 bits per heavy atom. The minimum Gasteiger partial charge on any atom is -0.491 e. The molecule has 0 aromatic heterocycles. The van der Waals surface area contributed by atoms with Gasteiger partial charge in [0, 0.05) is 19.2 Å². The second-order valence-corrected chi connectivity index (χ2v) is 3.93. The van der Waals surface area contributed by atoms with E-state index >= 15 is 0 Å². The Labute approximate surface area is 114 Å². The normalized spacial score (nSPS) is 9.84. The molecule has 1 rings (SSSR count). The second kappa shape index (κ2) is 7.47. The molecule has 0 fully saturated rings. The van der Waals surface area contributed by atoms with E-state index in [1.165, 1.54) is 0 Å².